The Hall–Kier alpha value is -0.460. The first-order valence-corrected chi connectivity index (χ1v) is 6.94. The van der Waals surface area contributed by atoms with Gasteiger partial charge in [-0.15, -0.1) is 0 Å². The molecule has 1 fully saturated rings. The minimum absolute atomic E-state index is 0.344. The second-order valence-corrected chi connectivity index (χ2v) is 5.48. The van der Waals surface area contributed by atoms with Crippen LogP contribution in [0.5, 0.6) is 0 Å². The average Bonchev–Trinajstić information content (AvgIpc) is 2.26. The van der Waals surface area contributed by atoms with Crippen LogP contribution >= 0.6 is 0 Å². The summed E-state index contributed by atoms with van der Waals surface area (Å²) >= 11 is 0. The number of unbranched alkanes of at least 4 members (excludes halogenated alkanes) is 1. The summed E-state index contributed by atoms with van der Waals surface area (Å²) in [6, 6.07) is -0.544. The molecule has 0 aliphatic carbocycles. The van der Waals surface area contributed by atoms with Crippen molar-refractivity contribution in [1.82, 2.24) is 9.21 Å². The molecule has 5 nitrogen and oxygen atoms in total. The molecule has 0 aromatic rings. The summed E-state index contributed by atoms with van der Waals surface area (Å²) in [6.07, 6.45) is 2.13. The predicted molar refractivity (Wildman–Crippen MR) is 63.3 cm³/mol. The van der Waals surface area contributed by atoms with Crippen molar-refractivity contribution in [2.75, 3.05) is 25.5 Å². The maximum absolute atomic E-state index is 11.8. The van der Waals surface area contributed by atoms with E-state index in [2.05, 4.69) is 6.92 Å². The fourth-order valence-electron chi connectivity index (χ4n) is 1.64. The lowest BCUT2D eigenvalue weighted by atomic mass is 10.3. The summed E-state index contributed by atoms with van der Waals surface area (Å²) < 4.78 is 13.8. The summed E-state index contributed by atoms with van der Waals surface area (Å²) in [5.41, 5.74) is 0. The molecule has 0 amide bonds. The Morgan fingerprint density at radius 1 is 1.50 bits per heavy atom. The highest BCUT2D eigenvalue weighted by Crippen LogP contribution is 2.11. The van der Waals surface area contributed by atoms with E-state index >= 15 is 0 Å². The van der Waals surface area contributed by atoms with Gasteiger partial charge in [0.15, 0.2) is 0 Å². The van der Waals surface area contributed by atoms with E-state index in [9.17, 15) is 9.00 Å². The fourth-order valence-corrected chi connectivity index (χ4v) is 3.06. The van der Waals surface area contributed by atoms with Crippen molar-refractivity contribution in [3.63, 3.8) is 0 Å². The minimum atomic E-state index is -1.05. The van der Waals surface area contributed by atoms with Gasteiger partial charge in [0, 0.05) is 19.6 Å². The van der Waals surface area contributed by atoms with Gasteiger partial charge in [-0.05, 0) is 13.3 Å². The van der Waals surface area contributed by atoms with Crippen LogP contribution in [0.1, 0.15) is 26.7 Å². The van der Waals surface area contributed by atoms with Crippen LogP contribution < -0.4 is 0 Å². The van der Waals surface area contributed by atoms with E-state index in [0.717, 1.165) is 19.4 Å². The van der Waals surface area contributed by atoms with E-state index in [0.29, 0.717) is 19.0 Å². The van der Waals surface area contributed by atoms with Gasteiger partial charge in [-0.1, -0.05) is 13.3 Å². The summed E-state index contributed by atoms with van der Waals surface area (Å²) in [5, 5.41) is 8.87. The van der Waals surface area contributed by atoms with E-state index in [1.165, 1.54) is 0 Å². The molecule has 0 radical (unpaired) electrons. The number of hydrogen-bond acceptors (Lipinski definition) is 3. The number of nitrogens with zero attached hydrogens (tertiary/aromatic N) is 2. The number of carboxylic acid groups (broad SMARTS) is 1. The molecule has 2 unspecified atom stereocenters. The van der Waals surface area contributed by atoms with Crippen LogP contribution in [-0.2, 0) is 15.8 Å². The zero-order chi connectivity index (χ0) is 12.1. The van der Waals surface area contributed by atoms with Gasteiger partial charge in [0.1, 0.15) is 17.0 Å². The summed E-state index contributed by atoms with van der Waals surface area (Å²) in [5.74, 6) is -0.504. The Labute approximate surface area is 99.0 Å². The van der Waals surface area contributed by atoms with E-state index in [4.69, 9.17) is 5.11 Å². The molecule has 1 rings (SSSR count). The van der Waals surface area contributed by atoms with Gasteiger partial charge in [0.25, 0.3) is 0 Å². The van der Waals surface area contributed by atoms with Crippen molar-refractivity contribution >= 4 is 17.0 Å². The van der Waals surface area contributed by atoms with Gasteiger partial charge in [-0.25, -0.2) is 8.51 Å². The number of aliphatic carboxylic acids is 1. The van der Waals surface area contributed by atoms with E-state index in [-0.39, 0.29) is 0 Å². The maximum atomic E-state index is 11.8. The molecule has 0 aromatic carbocycles. The number of carboxylic acids is 1. The van der Waals surface area contributed by atoms with Crippen LogP contribution in [0.25, 0.3) is 0 Å². The number of carbonyl (C=O) groups is 1. The zero-order valence-electron chi connectivity index (χ0n) is 9.89. The lowest BCUT2D eigenvalue weighted by molar-refractivity contribution is -0.142. The third-order valence-electron chi connectivity index (χ3n) is 2.87. The molecule has 1 aliphatic rings. The van der Waals surface area contributed by atoms with E-state index in [1.54, 1.807) is 11.8 Å². The summed E-state index contributed by atoms with van der Waals surface area (Å²) in [7, 11) is -1.05. The Morgan fingerprint density at radius 3 is 2.69 bits per heavy atom. The molecule has 6 heteroatoms. The van der Waals surface area contributed by atoms with Crippen molar-refractivity contribution in [3.8, 4) is 0 Å². The first kappa shape index (κ1) is 13.6. The average molecular weight is 248 g/mol. The monoisotopic (exact) mass is 248 g/mol. The fraction of sp³-hybridized carbons (Fsp3) is 0.900. The smallest absolute Gasteiger partial charge is 0.320 e. The van der Waals surface area contributed by atoms with Crippen LogP contribution in [0.4, 0.5) is 0 Å². The summed E-state index contributed by atoms with van der Waals surface area (Å²) in [6.45, 7) is 5.97. The molecular formula is C10H20N2O3S. The van der Waals surface area contributed by atoms with Crippen molar-refractivity contribution in [3.05, 3.63) is 0 Å². The topological polar surface area (TPSA) is 60.9 Å². The zero-order valence-corrected chi connectivity index (χ0v) is 10.7. The van der Waals surface area contributed by atoms with Crippen LogP contribution in [-0.4, -0.2) is 56.0 Å². The number of rotatable bonds is 5. The minimum Gasteiger partial charge on any atom is -0.480 e. The lowest BCUT2D eigenvalue weighted by Gasteiger charge is -2.35. The van der Waals surface area contributed by atoms with Crippen LogP contribution in [0.3, 0.4) is 0 Å². The molecule has 1 heterocycles. The molecule has 0 aromatic heterocycles. The maximum Gasteiger partial charge on any atom is 0.320 e. The quantitative estimate of drug-likeness (QED) is 0.769. The van der Waals surface area contributed by atoms with Gasteiger partial charge in [-0.2, -0.15) is 0 Å². The van der Waals surface area contributed by atoms with Crippen molar-refractivity contribution in [2.24, 2.45) is 0 Å². The van der Waals surface area contributed by atoms with Crippen LogP contribution in [0, 0.1) is 0 Å². The molecule has 1 N–H and O–H groups in total. The molecule has 0 spiro atoms. The van der Waals surface area contributed by atoms with Crippen molar-refractivity contribution in [1.29, 1.82) is 0 Å². The number of hydrogen-bond donors (Lipinski definition) is 1. The normalized spacial score (nSPS) is 25.5. The highest BCUT2D eigenvalue weighted by atomic mass is 32.2. The standard InChI is InChI=1S/C10H20N2O3S/c1-3-4-5-12-7-6-11(8-16(12)15)9(2)10(13)14/h9H,3-8H2,1-2H3,(H,13,14). The SMILES string of the molecule is CCCCN1CCN(C(C)C(=O)O)CS1=O. The van der Waals surface area contributed by atoms with Gasteiger partial charge in [0.2, 0.25) is 0 Å². The third-order valence-corrected chi connectivity index (χ3v) is 4.36. The Kier molecular flexibility index (Phi) is 5.37. The van der Waals surface area contributed by atoms with Crippen LogP contribution in [0.2, 0.25) is 0 Å². The third kappa shape index (κ3) is 3.54. The lowest BCUT2D eigenvalue weighted by Crippen LogP contribution is -2.52. The first-order chi connectivity index (χ1) is 7.56. The Morgan fingerprint density at radius 2 is 2.19 bits per heavy atom. The molecular weight excluding hydrogens is 228 g/mol. The second kappa shape index (κ2) is 6.32. The molecule has 1 saturated heterocycles. The van der Waals surface area contributed by atoms with E-state index in [1.807, 2.05) is 4.31 Å². The molecule has 94 valence electrons. The van der Waals surface area contributed by atoms with Crippen molar-refractivity contribution in [2.45, 2.75) is 32.7 Å². The molecule has 2 atom stereocenters. The van der Waals surface area contributed by atoms with Crippen LogP contribution in [0.15, 0.2) is 0 Å². The van der Waals surface area contributed by atoms with Gasteiger partial charge in [-0.3, -0.25) is 9.69 Å². The van der Waals surface area contributed by atoms with Gasteiger partial charge < -0.3 is 5.11 Å². The highest BCUT2D eigenvalue weighted by molar-refractivity contribution is 7.82. The van der Waals surface area contributed by atoms with Gasteiger partial charge in [0.05, 0.1) is 5.88 Å². The molecule has 0 bridgehead atoms. The Bertz CT molecular complexity index is 273. The first-order valence-electron chi connectivity index (χ1n) is 5.66. The Balaban J connectivity index is 2.45. The molecule has 1 aliphatic heterocycles. The van der Waals surface area contributed by atoms with Gasteiger partial charge >= 0.3 is 5.97 Å². The largest absolute Gasteiger partial charge is 0.480 e. The predicted octanol–water partition coefficient (Wildman–Crippen LogP) is 0.498. The second-order valence-electron chi connectivity index (χ2n) is 4.06. The highest BCUT2D eigenvalue weighted by Gasteiger charge is 2.29. The summed E-state index contributed by atoms with van der Waals surface area (Å²) in [4.78, 5) is 12.6. The molecule has 16 heavy (non-hydrogen) atoms. The van der Waals surface area contributed by atoms with Crippen molar-refractivity contribution < 1.29 is 14.1 Å². The molecule has 0 saturated carbocycles. The van der Waals surface area contributed by atoms with E-state index < -0.39 is 23.0 Å².